The maximum atomic E-state index is 13.0. The lowest BCUT2D eigenvalue weighted by Crippen LogP contribution is -2.14. The third-order valence-electron chi connectivity index (χ3n) is 3.51. The van der Waals surface area contributed by atoms with Gasteiger partial charge in [-0.1, -0.05) is 25.7 Å². The van der Waals surface area contributed by atoms with E-state index in [1.165, 1.54) is 23.7 Å². The van der Waals surface area contributed by atoms with E-state index in [4.69, 9.17) is 5.73 Å². The Balaban J connectivity index is 2.26. The molecule has 0 radical (unpaired) electrons. The van der Waals surface area contributed by atoms with Crippen molar-refractivity contribution in [2.45, 2.75) is 57.5 Å². The Morgan fingerprint density at radius 3 is 2.47 bits per heavy atom. The van der Waals surface area contributed by atoms with Crippen molar-refractivity contribution in [3.63, 3.8) is 0 Å². The molecule has 1 aromatic heterocycles. The molecular formula is C12H19F2N3. The molecule has 0 aliphatic heterocycles. The van der Waals surface area contributed by atoms with Crippen LogP contribution in [0, 0.1) is 0 Å². The predicted molar refractivity (Wildman–Crippen MR) is 61.8 cm³/mol. The van der Waals surface area contributed by atoms with E-state index in [2.05, 4.69) is 5.10 Å². The zero-order valence-electron chi connectivity index (χ0n) is 9.91. The van der Waals surface area contributed by atoms with Gasteiger partial charge < -0.3 is 5.73 Å². The number of nitrogens with two attached hydrogens (primary N) is 1. The Kier molecular flexibility index (Phi) is 4.10. The summed E-state index contributed by atoms with van der Waals surface area (Å²) in [5.74, 6) is 0. The molecule has 1 aliphatic carbocycles. The first-order valence-corrected chi connectivity index (χ1v) is 6.28. The summed E-state index contributed by atoms with van der Waals surface area (Å²) in [6.45, 7) is 0.131. The summed E-state index contributed by atoms with van der Waals surface area (Å²) in [4.78, 5) is 0. The fourth-order valence-electron chi connectivity index (χ4n) is 2.60. The van der Waals surface area contributed by atoms with E-state index >= 15 is 0 Å². The summed E-state index contributed by atoms with van der Waals surface area (Å²) >= 11 is 0. The van der Waals surface area contributed by atoms with E-state index in [1.54, 1.807) is 0 Å². The van der Waals surface area contributed by atoms with Crippen LogP contribution in [0.3, 0.4) is 0 Å². The van der Waals surface area contributed by atoms with Gasteiger partial charge in [0.25, 0.3) is 6.43 Å². The second kappa shape index (κ2) is 5.58. The van der Waals surface area contributed by atoms with Crippen LogP contribution in [0.1, 0.15) is 62.2 Å². The lowest BCUT2D eigenvalue weighted by atomic mass is 10.1. The van der Waals surface area contributed by atoms with E-state index < -0.39 is 6.43 Å². The number of alkyl halides is 2. The molecule has 96 valence electrons. The van der Waals surface area contributed by atoms with Crippen LogP contribution in [0.15, 0.2) is 6.20 Å². The van der Waals surface area contributed by atoms with E-state index in [0.717, 1.165) is 25.7 Å². The van der Waals surface area contributed by atoms with Crippen molar-refractivity contribution in [3.05, 3.63) is 17.5 Å². The maximum Gasteiger partial charge on any atom is 0.280 e. The highest BCUT2D eigenvalue weighted by molar-refractivity contribution is 5.19. The second-order valence-corrected chi connectivity index (χ2v) is 4.65. The molecule has 2 N–H and O–H groups in total. The number of hydrogen-bond donors (Lipinski definition) is 1. The van der Waals surface area contributed by atoms with Gasteiger partial charge >= 0.3 is 0 Å². The highest BCUT2D eigenvalue weighted by Crippen LogP contribution is 2.32. The molecule has 0 amide bonds. The molecule has 0 saturated heterocycles. The van der Waals surface area contributed by atoms with Crippen molar-refractivity contribution >= 4 is 0 Å². The van der Waals surface area contributed by atoms with Crippen molar-refractivity contribution in [1.82, 2.24) is 9.78 Å². The SMILES string of the molecule is NCc1cnn(C2CCCCCC2)c1C(F)F. The normalized spacial score (nSPS) is 18.6. The summed E-state index contributed by atoms with van der Waals surface area (Å²) in [5.41, 5.74) is 5.98. The Bertz CT molecular complexity index is 355. The fourth-order valence-corrected chi connectivity index (χ4v) is 2.60. The van der Waals surface area contributed by atoms with Crippen LogP contribution in [0.4, 0.5) is 8.78 Å². The van der Waals surface area contributed by atoms with Gasteiger partial charge in [0.05, 0.1) is 12.2 Å². The number of halogens is 2. The number of nitrogens with zero attached hydrogens (tertiary/aromatic N) is 2. The highest BCUT2D eigenvalue weighted by atomic mass is 19.3. The summed E-state index contributed by atoms with van der Waals surface area (Å²) in [6, 6.07) is 0.127. The molecule has 0 atom stereocenters. The minimum Gasteiger partial charge on any atom is -0.326 e. The van der Waals surface area contributed by atoms with Crippen LogP contribution in [0.5, 0.6) is 0 Å². The Labute approximate surface area is 100.0 Å². The summed E-state index contributed by atoms with van der Waals surface area (Å²) < 4.78 is 27.6. The number of hydrogen-bond acceptors (Lipinski definition) is 2. The van der Waals surface area contributed by atoms with E-state index in [1.807, 2.05) is 0 Å². The molecule has 2 rings (SSSR count). The first kappa shape index (κ1) is 12.5. The van der Waals surface area contributed by atoms with Crippen molar-refractivity contribution in [2.24, 2.45) is 5.73 Å². The van der Waals surface area contributed by atoms with Gasteiger partial charge in [0, 0.05) is 12.1 Å². The van der Waals surface area contributed by atoms with E-state index in [9.17, 15) is 8.78 Å². The van der Waals surface area contributed by atoms with Gasteiger partial charge in [0.1, 0.15) is 5.69 Å². The average Bonchev–Trinajstić information content (AvgIpc) is 2.56. The van der Waals surface area contributed by atoms with Gasteiger partial charge in [-0.3, -0.25) is 4.68 Å². The highest BCUT2D eigenvalue weighted by Gasteiger charge is 2.24. The zero-order chi connectivity index (χ0) is 12.3. The lowest BCUT2D eigenvalue weighted by Gasteiger charge is -2.18. The van der Waals surface area contributed by atoms with Gasteiger partial charge in [-0.05, 0) is 12.8 Å². The van der Waals surface area contributed by atoms with Gasteiger partial charge in [-0.15, -0.1) is 0 Å². The van der Waals surface area contributed by atoms with Crippen LogP contribution in [0.25, 0.3) is 0 Å². The molecule has 0 unspecified atom stereocenters. The largest absolute Gasteiger partial charge is 0.326 e. The average molecular weight is 243 g/mol. The van der Waals surface area contributed by atoms with Crippen LogP contribution < -0.4 is 5.73 Å². The smallest absolute Gasteiger partial charge is 0.280 e. The molecule has 1 saturated carbocycles. The Hall–Kier alpha value is -0.970. The first-order valence-electron chi connectivity index (χ1n) is 6.28. The molecule has 1 aliphatic rings. The summed E-state index contributed by atoms with van der Waals surface area (Å²) in [5, 5.41) is 4.13. The standard InChI is InChI=1S/C12H19F2N3/c13-12(14)11-9(7-15)8-16-17(11)10-5-3-1-2-4-6-10/h8,10,12H,1-7,15H2. The first-order chi connectivity index (χ1) is 8.24. The molecule has 1 fully saturated rings. The van der Waals surface area contributed by atoms with Crippen molar-refractivity contribution in [1.29, 1.82) is 0 Å². The molecule has 0 bridgehead atoms. The molecule has 1 heterocycles. The molecule has 1 aromatic rings. The van der Waals surface area contributed by atoms with Crippen LogP contribution in [0.2, 0.25) is 0 Å². The molecule has 0 aromatic carbocycles. The quantitative estimate of drug-likeness (QED) is 0.829. The van der Waals surface area contributed by atoms with Crippen molar-refractivity contribution in [3.8, 4) is 0 Å². The third-order valence-corrected chi connectivity index (χ3v) is 3.51. The second-order valence-electron chi connectivity index (χ2n) is 4.65. The molecule has 17 heavy (non-hydrogen) atoms. The fraction of sp³-hybridized carbons (Fsp3) is 0.750. The van der Waals surface area contributed by atoms with Gasteiger partial charge in [-0.2, -0.15) is 5.10 Å². The van der Waals surface area contributed by atoms with Crippen LogP contribution in [-0.4, -0.2) is 9.78 Å². The topological polar surface area (TPSA) is 43.8 Å². The van der Waals surface area contributed by atoms with Gasteiger partial charge in [0.2, 0.25) is 0 Å². The molecule has 5 heteroatoms. The number of rotatable bonds is 3. The maximum absolute atomic E-state index is 13.0. The van der Waals surface area contributed by atoms with Gasteiger partial charge in [-0.25, -0.2) is 8.78 Å². The Morgan fingerprint density at radius 1 is 1.29 bits per heavy atom. The minimum atomic E-state index is -2.49. The van der Waals surface area contributed by atoms with Crippen LogP contribution >= 0.6 is 0 Å². The van der Waals surface area contributed by atoms with E-state index in [-0.39, 0.29) is 18.3 Å². The summed E-state index contributed by atoms with van der Waals surface area (Å²) in [7, 11) is 0. The lowest BCUT2D eigenvalue weighted by molar-refractivity contribution is 0.133. The monoisotopic (exact) mass is 243 g/mol. The molecule has 3 nitrogen and oxygen atoms in total. The molecule has 0 spiro atoms. The Morgan fingerprint density at radius 2 is 1.94 bits per heavy atom. The van der Waals surface area contributed by atoms with Crippen molar-refractivity contribution in [2.75, 3.05) is 0 Å². The van der Waals surface area contributed by atoms with Gasteiger partial charge in [0.15, 0.2) is 0 Å². The van der Waals surface area contributed by atoms with E-state index in [0.29, 0.717) is 5.56 Å². The zero-order valence-corrected chi connectivity index (χ0v) is 9.91. The third kappa shape index (κ3) is 2.65. The van der Waals surface area contributed by atoms with Crippen molar-refractivity contribution < 1.29 is 8.78 Å². The summed E-state index contributed by atoms with van der Waals surface area (Å²) in [6.07, 6.45) is 5.51. The number of aromatic nitrogens is 2. The predicted octanol–water partition coefficient (Wildman–Crippen LogP) is 3.17. The minimum absolute atomic E-state index is 0.0272. The molecular weight excluding hydrogens is 224 g/mol. The van der Waals surface area contributed by atoms with Crippen LogP contribution in [-0.2, 0) is 6.54 Å².